The van der Waals surface area contributed by atoms with Crippen LogP contribution in [-0.4, -0.2) is 48.5 Å². The molecule has 146 valence electrons. The fourth-order valence-electron chi connectivity index (χ4n) is 3.85. The molecule has 3 N–H and O–H groups in total. The number of hydrogen-bond donors (Lipinski definition) is 3. The Kier molecular flexibility index (Phi) is 6.01. The van der Waals surface area contributed by atoms with Gasteiger partial charge in [0.1, 0.15) is 5.54 Å². The molecule has 1 heterocycles. The Balaban J connectivity index is 1.58. The number of para-hydroxylation sites is 1. The molecule has 1 aliphatic heterocycles. The molecule has 0 radical (unpaired) electrons. The maximum absolute atomic E-state index is 12.9. The summed E-state index contributed by atoms with van der Waals surface area (Å²) in [6, 6.07) is 6.65. The van der Waals surface area contributed by atoms with Crippen LogP contribution in [0, 0.1) is 0 Å². The molecule has 1 saturated heterocycles. The molecule has 0 bridgehead atoms. The van der Waals surface area contributed by atoms with Crippen molar-refractivity contribution in [1.82, 2.24) is 10.2 Å². The number of halogens is 1. The van der Waals surface area contributed by atoms with Crippen molar-refractivity contribution < 1.29 is 19.3 Å². The van der Waals surface area contributed by atoms with Gasteiger partial charge in [-0.1, -0.05) is 49.4 Å². The van der Waals surface area contributed by atoms with Gasteiger partial charge >= 0.3 is 6.03 Å². The van der Waals surface area contributed by atoms with E-state index < -0.39 is 5.54 Å². The second-order valence-corrected chi connectivity index (χ2v) is 7.89. The Bertz CT molecular complexity index is 731. The molecule has 2 aliphatic rings. The maximum atomic E-state index is 12.9. The van der Waals surface area contributed by atoms with Crippen molar-refractivity contribution in [2.75, 3.05) is 25.6 Å². The second-order valence-electron chi connectivity index (χ2n) is 7.48. The van der Waals surface area contributed by atoms with Gasteiger partial charge in [-0.25, -0.2) is 9.69 Å². The highest BCUT2D eigenvalue weighted by molar-refractivity contribution is 6.33. The number of benzene rings is 1. The first kappa shape index (κ1) is 19.6. The van der Waals surface area contributed by atoms with Crippen LogP contribution in [0.3, 0.4) is 0 Å². The summed E-state index contributed by atoms with van der Waals surface area (Å²) >= 11 is 6.05. The third-order valence-electron chi connectivity index (χ3n) is 5.24. The maximum Gasteiger partial charge on any atom is 0.329 e. The number of likely N-dealkylation sites (N-methyl/N-ethyl adjacent to an activating group) is 1. The number of nitrogens with one attached hydrogen (secondary N) is 3. The molecule has 27 heavy (non-hydrogen) atoms. The largest absolute Gasteiger partial charge is 0.329 e. The quantitative estimate of drug-likeness (QED) is 0.661. The molecule has 1 atom stereocenters. The lowest BCUT2D eigenvalue weighted by atomic mass is 9.90. The number of urea groups is 1. The molecule has 0 aromatic heterocycles. The van der Waals surface area contributed by atoms with E-state index in [2.05, 4.69) is 10.6 Å². The zero-order chi connectivity index (χ0) is 19.4. The van der Waals surface area contributed by atoms with Gasteiger partial charge < -0.3 is 15.5 Å². The minimum Gasteiger partial charge on any atom is -0.323 e. The van der Waals surface area contributed by atoms with E-state index in [0.29, 0.717) is 23.6 Å². The minimum absolute atomic E-state index is 0.120. The van der Waals surface area contributed by atoms with Gasteiger partial charge in [0.15, 0.2) is 13.2 Å². The third kappa shape index (κ3) is 4.42. The molecule has 7 nitrogen and oxygen atoms in total. The van der Waals surface area contributed by atoms with Crippen molar-refractivity contribution in [2.24, 2.45) is 0 Å². The van der Waals surface area contributed by atoms with Crippen LogP contribution in [0.2, 0.25) is 5.02 Å². The van der Waals surface area contributed by atoms with Gasteiger partial charge in [-0.15, -0.1) is 0 Å². The number of anilines is 1. The molecule has 8 heteroatoms. The van der Waals surface area contributed by atoms with Crippen molar-refractivity contribution in [3.05, 3.63) is 29.3 Å². The van der Waals surface area contributed by atoms with E-state index in [9.17, 15) is 14.4 Å². The predicted molar refractivity (Wildman–Crippen MR) is 103 cm³/mol. The molecule has 1 saturated carbocycles. The molecule has 3 rings (SSSR count). The molecule has 1 aromatic carbocycles. The van der Waals surface area contributed by atoms with Crippen molar-refractivity contribution in [2.45, 2.75) is 44.1 Å². The fourth-order valence-corrected chi connectivity index (χ4v) is 4.03. The number of carbonyl (C=O) groups excluding carboxylic acids is 3. The Morgan fingerprint density at radius 1 is 1.22 bits per heavy atom. The molecule has 1 unspecified atom stereocenters. The Labute approximate surface area is 164 Å². The van der Waals surface area contributed by atoms with E-state index in [0.717, 1.165) is 30.6 Å². The van der Waals surface area contributed by atoms with Gasteiger partial charge in [-0.05, 0) is 25.0 Å². The highest BCUT2D eigenvalue weighted by Crippen LogP contribution is 2.32. The summed E-state index contributed by atoms with van der Waals surface area (Å²) in [6.07, 6.45) is 5.47. The fraction of sp³-hybridized carbons (Fsp3) is 0.526. The van der Waals surface area contributed by atoms with Crippen molar-refractivity contribution in [3.63, 3.8) is 0 Å². The topological polar surface area (TPSA) is 82.9 Å². The minimum atomic E-state index is -0.742. The first-order valence-corrected chi connectivity index (χ1v) is 9.79. The van der Waals surface area contributed by atoms with Gasteiger partial charge in [0.25, 0.3) is 11.8 Å². The van der Waals surface area contributed by atoms with Crippen LogP contribution in [0.5, 0.6) is 0 Å². The van der Waals surface area contributed by atoms with E-state index in [4.69, 9.17) is 11.6 Å². The first-order chi connectivity index (χ1) is 12.9. The van der Waals surface area contributed by atoms with Crippen LogP contribution in [0.15, 0.2) is 24.3 Å². The van der Waals surface area contributed by atoms with Crippen LogP contribution < -0.4 is 15.5 Å². The number of hydrogen-bond acceptors (Lipinski definition) is 3. The van der Waals surface area contributed by atoms with Crippen LogP contribution in [0.25, 0.3) is 0 Å². The summed E-state index contributed by atoms with van der Waals surface area (Å²) in [5, 5.41) is 6.14. The SMILES string of the molecule is C[NH+](CC(=O)Nc1ccccc1Cl)CN1C(=O)NC2(CCCCCC2)C1=O. The van der Waals surface area contributed by atoms with E-state index in [1.807, 2.05) is 0 Å². The Hall–Kier alpha value is -2.12. The zero-order valence-electron chi connectivity index (χ0n) is 15.5. The lowest BCUT2D eigenvalue weighted by Crippen LogP contribution is -3.11. The summed E-state index contributed by atoms with van der Waals surface area (Å²) in [4.78, 5) is 39.6. The summed E-state index contributed by atoms with van der Waals surface area (Å²) in [6.45, 7) is 0.275. The predicted octanol–water partition coefficient (Wildman–Crippen LogP) is 1.40. The van der Waals surface area contributed by atoms with Gasteiger partial charge in [0, 0.05) is 0 Å². The first-order valence-electron chi connectivity index (χ1n) is 9.41. The lowest BCUT2D eigenvalue weighted by molar-refractivity contribution is -0.878. The van der Waals surface area contributed by atoms with Crippen LogP contribution in [0.4, 0.5) is 10.5 Å². The standard InChI is InChI=1S/C19H25ClN4O3/c1-23(12-16(25)21-15-9-5-4-8-14(15)20)13-24-17(26)19(22-18(24)27)10-6-2-3-7-11-19/h4-5,8-9H,2-3,6-7,10-13H2,1H3,(H,21,25)(H,22,27)/p+1. The third-order valence-corrected chi connectivity index (χ3v) is 5.57. The van der Waals surface area contributed by atoms with Gasteiger partial charge in [-0.3, -0.25) is 9.59 Å². The Morgan fingerprint density at radius 3 is 2.56 bits per heavy atom. The smallest absolute Gasteiger partial charge is 0.323 e. The van der Waals surface area contributed by atoms with Crippen LogP contribution in [-0.2, 0) is 9.59 Å². The number of amides is 4. The van der Waals surface area contributed by atoms with Gasteiger partial charge in [-0.2, -0.15) is 0 Å². The molecule has 2 fully saturated rings. The second kappa shape index (κ2) is 8.27. The molecular formula is C19H26ClN4O3+. The lowest BCUT2D eigenvalue weighted by Gasteiger charge is -2.25. The van der Waals surface area contributed by atoms with E-state index in [1.54, 1.807) is 31.3 Å². The highest BCUT2D eigenvalue weighted by Gasteiger charge is 2.51. The van der Waals surface area contributed by atoms with E-state index in [-0.39, 0.29) is 31.1 Å². The number of imide groups is 1. The molecule has 4 amide bonds. The summed E-state index contributed by atoms with van der Waals surface area (Å²) < 4.78 is 0. The van der Waals surface area contributed by atoms with Crippen LogP contribution >= 0.6 is 11.6 Å². The van der Waals surface area contributed by atoms with Gasteiger partial charge in [0.05, 0.1) is 17.8 Å². The van der Waals surface area contributed by atoms with Crippen molar-refractivity contribution >= 4 is 35.1 Å². The number of carbonyl (C=O) groups is 3. The molecular weight excluding hydrogens is 368 g/mol. The number of quaternary nitrogens is 1. The molecule has 1 aromatic rings. The van der Waals surface area contributed by atoms with E-state index in [1.165, 1.54) is 4.90 Å². The van der Waals surface area contributed by atoms with Crippen molar-refractivity contribution in [3.8, 4) is 0 Å². The number of rotatable bonds is 5. The summed E-state index contributed by atoms with van der Waals surface area (Å²) in [5.74, 6) is -0.378. The molecule has 1 aliphatic carbocycles. The highest BCUT2D eigenvalue weighted by atomic mass is 35.5. The normalized spacial score (nSPS) is 20.3. The van der Waals surface area contributed by atoms with Crippen LogP contribution in [0.1, 0.15) is 38.5 Å². The Morgan fingerprint density at radius 2 is 1.89 bits per heavy atom. The average Bonchev–Trinajstić information content (AvgIpc) is 2.79. The summed E-state index contributed by atoms with van der Waals surface area (Å²) in [7, 11) is 1.78. The number of nitrogens with zero attached hydrogens (tertiary/aromatic N) is 1. The van der Waals surface area contributed by atoms with Gasteiger partial charge in [0.2, 0.25) is 0 Å². The van der Waals surface area contributed by atoms with E-state index >= 15 is 0 Å². The average molecular weight is 394 g/mol. The molecule has 1 spiro atoms. The van der Waals surface area contributed by atoms with Crippen molar-refractivity contribution in [1.29, 1.82) is 0 Å². The summed E-state index contributed by atoms with van der Waals surface area (Å²) in [5.41, 5.74) is -0.197. The zero-order valence-corrected chi connectivity index (χ0v) is 16.3. The monoisotopic (exact) mass is 393 g/mol.